The third-order valence-electron chi connectivity index (χ3n) is 3.03. The SMILES string of the molecule is Cc1cc(C2CCC(CO)N2C)on1. The number of likely N-dealkylation sites (N-methyl/N-ethyl adjacent to an activating group) is 1. The Kier molecular flexibility index (Phi) is 2.56. The summed E-state index contributed by atoms with van der Waals surface area (Å²) >= 11 is 0. The minimum absolute atomic E-state index is 0.222. The number of hydrogen-bond donors (Lipinski definition) is 1. The van der Waals surface area contributed by atoms with Gasteiger partial charge in [-0.05, 0) is 26.8 Å². The number of nitrogens with zero attached hydrogens (tertiary/aromatic N) is 2. The van der Waals surface area contributed by atoms with Crippen LogP contribution in [-0.4, -0.2) is 34.9 Å². The Morgan fingerprint density at radius 1 is 1.64 bits per heavy atom. The van der Waals surface area contributed by atoms with Crippen molar-refractivity contribution in [2.75, 3.05) is 13.7 Å². The van der Waals surface area contributed by atoms with Gasteiger partial charge in [0.2, 0.25) is 0 Å². The highest BCUT2D eigenvalue weighted by atomic mass is 16.5. The van der Waals surface area contributed by atoms with Crippen LogP contribution in [-0.2, 0) is 0 Å². The molecule has 1 aromatic rings. The molecular formula is C10H16N2O2. The van der Waals surface area contributed by atoms with Crippen LogP contribution in [0.3, 0.4) is 0 Å². The van der Waals surface area contributed by atoms with E-state index in [1.165, 1.54) is 0 Å². The lowest BCUT2D eigenvalue weighted by molar-refractivity contribution is 0.143. The van der Waals surface area contributed by atoms with E-state index in [0.717, 1.165) is 24.3 Å². The molecule has 0 spiro atoms. The molecule has 1 N–H and O–H groups in total. The van der Waals surface area contributed by atoms with Crippen LogP contribution >= 0.6 is 0 Å². The van der Waals surface area contributed by atoms with Crippen LogP contribution in [0.15, 0.2) is 10.6 Å². The highest BCUT2D eigenvalue weighted by Crippen LogP contribution is 2.34. The minimum atomic E-state index is 0.222. The van der Waals surface area contributed by atoms with Gasteiger partial charge in [0.1, 0.15) is 0 Å². The number of hydrogen-bond acceptors (Lipinski definition) is 4. The zero-order valence-electron chi connectivity index (χ0n) is 8.60. The largest absolute Gasteiger partial charge is 0.395 e. The van der Waals surface area contributed by atoms with Crippen molar-refractivity contribution >= 4 is 0 Å². The molecule has 2 heterocycles. The average molecular weight is 196 g/mol. The Morgan fingerprint density at radius 2 is 2.43 bits per heavy atom. The van der Waals surface area contributed by atoms with Crippen LogP contribution < -0.4 is 0 Å². The van der Waals surface area contributed by atoms with Crippen molar-refractivity contribution in [3.05, 3.63) is 17.5 Å². The van der Waals surface area contributed by atoms with E-state index in [1.807, 2.05) is 20.0 Å². The summed E-state index contributed by atoms with van der Waals surface area (Å²) in [4.78, 5) is 2.17. The van der Waals surface area contributed by atoms with E-state index in [4.69, 9.17) is 9.63 Å². The predicted octanol–water partition coefficient (Wildman–Crippen LogP) is 1.11. The molecule has 0 bridgehead atoms. The minimum Gasteiger partial charge on any atom is -0.395 e. The van der Waals surface area contributed by atoms with Crippen molar-refractivity contribution in [2.45, 2.75) is 31.8 Å². The van der Waals surface area contributed by atoms with Crippen LogP contribution in [0.4, 0.5) is 0 Å². The molecule has 4 heteroatoms. The second-order valence-corrected chi connectivity index (χ2v) is 3.97. The summed E-state index contributed by atoms with van der Waals surface area (Å²) in [5, 5.41) is 13.0. The first kappa shape index (κ1) is 9.68. The third-order valence-corrected chi connectivity index (χ3v) is 3.03. The molecule has 1 aliphatic heterocycles. The van der Waals surface area contributed by atoms with Crippen molar-refractivity contribution in [1.29, 1.82) is 0 Å². The van der Waals surface area contributed by atoms with Gasteiger partial charge in [0.25, 0.3) is 0 Å². The van der Waals surface area contributed by atoms with Gasteiger partial charge in [-0.2, -0.15) is 0 Å². The summed E-state index contributed by atoms with van der Waals surface area (Å²) in [6.45, 7) is 2.14. The quantitative estimate of drug-likeness (QED) is 0.769. The lowest BCUT2D eigenvalue weighted by Crippen LogP contribution is -2.30. The zero-order valence-corrected chi connectivity index (χ0v) is 8.60. The molecule has 2 atom stereocenters. The van der Waals surface area contributed by atoms with E-state index in [0.29, 0.717) is 0 Å². The molecule has 4 nitrogen and oxygen atoms in total. The number of aromatic nitrogens is 1. The van der Waals surface area contributed by atoms with Gasteiger partial charge in [-0.25, -0.2) is 0 Å². The molecule has 1 saturated heterocycles. The Balaban J connectivity index is 2.13. The molecule has 0 amide bonds. The second kappa shape index (κ2) is 3.71. The Hall–Kier alpha value is -0.870. The molecule has 78 valence electrons. The number of aliphatic hydroxyl groups excluding tert-OH is 1. The molecule has 1 fully saturated rings. The summed E-state index contributed by atoms with van der Waals surface area (Å²) in [6.07, 6.45) is 2.06. The molecule has 0 aliphatic carbocycles. The molecule has 14 heavy (non-hydrogen) atoms. The summed E-state index contributed by atoms with van der Waals surface area (Å²) < 4.78 is 5.24. The van der Waals surface area contributed by atoms with Crippen LogP contribution in [0.1, 0.15) is 30.3 Å². The topological polar surface area (TPSA) is 49.5 Å². The van der Waals surface area contributed by atoms with E-state index in [9.17, 15) is 0 Å². The van der Waals surface area contributed by atoms with E-state index >= 15 is 0 Å². The molecule has 1 aromatic heterocycles. The number of rotatable bonds is 2. The molecule has 0 aromatic carbocycles. The van der Waals surface area contributed by atoms with Gasteiger partial charge in [-0.15, -0.1) is 0 Å². The van der Waals surface area contributed by atoms with Crippen LogP contribution in [0.25, 0.3) is 0 Å². The fourth-order valence-electron chi connectivity index (χ4n) is 2.12. The maximum absolute atomic E-state index is 9.12. The maximum Gasteiger partial charge on any atom is 0.154 e. The van der Waals surface area contributed by atoms with Gasteiger partial charge < -0.3 is 9.63 Å². The lowest BCUT2D eigenvalue weighted by atomic mass is 10.1. The molecule has 0 radical (unpaired) electrons. The molecule has 1 aliphatic rings. The molecule has 0 saturated carbocycles. The highest BCUT2D eigenvalue weighted by Gasteiger charge is 2.33. The fraction of sp³-hybridized carbons (Fsp3) is 0.700. The standard InChI is InChI=1S/C10H16N2O2/c1-7-5-10(14-11-7)9-4-3-8(6-13)12(9)2/h5,8-9,13H,3-4,6H2,1-2H3. The van der Waals surface area contributed by atoms with E-state index in [-0.39, 0.29) is 18.7 Å². The molecule has 2 unspecified atom stereocenters. The first-order valence-electron chi connectivity index (χ1n) is 4.98. The summed E-state index contributed by atoms with van der Waals surface area (Å²) in [7, 11) is 2.02. The first-order chi connectivity index (χ1) is 6.72. The first-order valence-corrected chi connectivity index (χ1v) is 4.98. The number of likely N-dealkylation sites (tertiary alicyclic amines) is 1. The fourth-order valence-corrected chi connectivity index (χ4v) is 2.12. The number of aliphatic hydroxyl groups is 1. The van der Waals surface area contributed by atoms with Crippen molar-refractivity contribution in [3.63, 3.8) is 0 Å². The van der Waals surface area contributed by atoms with Gasteiger partial charge in [0, 0.05) is 12.1 Å². The smallest absolute Gasteiger partial charge is 0.154 e. The van der Waals surface area contributed by atoms with Crippen molar-refractivity contribution in [1.82, 2.24) is 10.1 Å². The van der Waals surface area contributed by atoms with Crippen molar-refractivity contribution in [2.24, 2.45) is 0 Å². The third kappa shape index (κ3) is 1.55. The van der Waals surface area contributed by atoms with Gasteiger partial charge in [-0.1, -0.05) is 5.16 Å². The summed E-state index contributed by atoms with van der Waals surface area (Å²) in [6, 6.07) is 2.53. The van der Waals surface area contributed by atoms with E-state index in [1.54, 1.807) is 0 Å². The van der Waals surface area contributed by atoms with Crippen LogP contribution in [0.2, 0.25) is 0 Å². The van der Waals surface area contributed by atoms with Crippen molar-refractivity contribution < 1.29 is 9.63 Å². The van der Waals surface area contributed by atoms with E-state index < -0.39 is 0 Å². The zero-order chi connectivity index (χ0) is 10.1. The van der Waals surface area contributed by atoms with Gasteiger partial charge in [0.15, 0.2) is 5.76 Å². The van der Waals surface area contributed by atoms with Crippen molar-refractivity contribution in [3.8, 4) is 0 Å². The van der Waals surface area contributed by atoms with Gasteiger partial charge in [-0.3, -0.25) is 4.90 Å². The highest BCUT2D eigenvalue weighted by molar-refractivity contribution is 5.10. The Bertz CT molecular complexity index is 311. The van der Waals surface area contributed by atoms with Gasteiger partial charge >= 0.3 is 0 Å². The van der Waals surface area contributed by atoms with Gasteiger partial charge in [0.05, 0.1) is 18.3 Å². The monoisotopic (exact) mass is 196 g/mol. The number of aryl methyl sites for hydroxylation is 1. The Morgan fingerprint density at radius 3 is 2.93 bits per heavy atom. The average Bonchev–Trinajstić information content (AvgIpc) is 2.72. The van der Waals surface area contributed by atoms with E-state index in [2.05, 4.69) is 10.1 Å². The second-order valence-electron chi connectivity index (χ2n) is 3.97. The van der Waals surface area contributed by atoms with Crippen LogP contribution in [0.5, 0.6) is 0 Å². The Labute approximate surface area is 83.5 Å². The summed E-state index contributed by atoms with van der Waals surface area (Å²) in [5.74, 6) is 0.918. The maximum atomic E-state index is 9.12. The van der Waals surface area contributed by atoms with Crippen LogP contribution in [0, 0.1) is 6.92 Å². The molecular weight excluding hydrogens is 180 g/mol. The lowest BCUT2D eigenvalue weighted by Gasteiger charge is -2.22. The predicted molar refractivity (Wildman–Crippen MR) is 51.9 cm³/mol. The molecule has 2 rings (SSSR count). The summed E-state index contributed by atoms with van der Waals surface area (Å²) in [5.41, 5.74) is 0.917. The normalized spacial score (nSPS) is 28.5.